The molecule has 3 aromatic rings. The van der Waals surface area contributed by atoms with Crippen LogP contribution in [0.4, 0.5) is 0 Å². The van der Waals surface area contributed by atoms with Crippen LogP contribution in [0, 0.1) is 0 Å². The predicted octanol–water partition coefficient (Wildman–Crippen LogP) is -0.0399. The number of hydrogen-bond acceptors (Lipinski definition) is 5. The number of hydrogen-bond donors (Lipinski definition) is 3. The lowest BCUT2D eigenvalue weighted by Crippen LogP contribution is -3.27. The quantitative estimate of drug-likeness (QED) is 0.540. The van der Waals surface area contributed by atoms with Crippen molar-refractivity contribution < 1.29 is 19.6 Å². The lowest BCUT2D eigenvalue weighted by atomic mass is 10.0. The molecule has 3 heterocycles. The summed E-state index contributed by atoms with van der Waals surface area (Å²) in [4.78, 5) is 9.31. The fourth-order valence-electron chi connectivity index (χ4n) is 3.91. The van der Waals surface area contributed by atoms with Crippen LogP contribution in [-0.4, -0.2) is 59.5 Å². The van der Waals surface area contributed by atoms with Crippen LogP contribution >= 0.6 is 11.3 Å². The second-order valence-corrected chi connectivity index (χ2v) is 8.43. The van der Waals surface area contributed by atoms with Gasteiger partial charge in [0.1, 0.15) is 36.8 Å². The Kier molecular flexibility index (Phi) is 5.52. The summed E-state index contributed by atoms with van der Waals surface area (Å²) in [6, 6.07) is 8.37. The largest absolute Gasteiger partial charge is 0.494 e. The predicted molar refractivity (Wildman–Crippen MR) is 109 cm³/mol. The van der Waals surface area contributed by atoms with Crippen LogP contribution in [0.5, 0.6) is 11.6 Å². The third-order valence-corrected chi connectivity index (χ3v) is 6.59. The van der Waals surface area contributed by atoms with Crippen molar-refractivity contribution in [2.45, 2.75) is 26.3 Å². The summed E-state index contributed by atoms with van der Waals surface area (Å²) >= 11 is 1.55. The van der Waals surface area contributed by atoms with Gasteiger partial charge in [-0.25, -0.2) is 4.98 Å². The first kappa shape index (κ1) is 19.2. The fourth-order valence-corrected chi connectivity index (χ4v) is 5.07. The highest BCUT2D eigenvalue weighted by molar-refractivity contribution is 7.17. The Balaban J connectivity index is 1.74. The van der Waals surface area contributed by atoms with Crippen molar-refractivity contribution in [3.63, 3.8) is 0 Å². The molecule has 1 fully saturated rings. The standard InChI is InChI=1S/C20H27N5O2S/c1-4-16-21-20-25(22-16)19(26)18(28-20)17(24-12-10-23(3)11-13-24)14-6-8-15(9-7-14)27-5-2/h6-9,17,26H,4-5,10-13H2,1-3H3/p+2/t17-/m0/s1. The van der Waals surface area contributed by atoms with Crippen LogP contribution in [0.3, 0.4) is 0 Å². The van der Waals surface area contributed by atoms with Crippen LogP contribution in [-0.2, 0) is 6.42 Å². The van der Waals surface area contributed by atoms with E-state index in [2.05, 4.69) is 29.3 Å². The molecule has 3 N–H and O–H groups in total. The lowest BCUT2D eigenvalue weighted by molar-refractivity contribution is -1.02. The van der Waals surface area contributed by atoms with Gasteiger partial charge in [0, 0.05) is 12.0 Å². The zero-order valence-corrected chi connectivity index (χ0v) is 17.6. The number of benzene rings is 1. The molecule has 4 rings (SSSR count). The van der Waals surface area contributed by atoms with E-state index >= 15 is 0 Å². The third kappa shape index (κ3) is 3.59. The molecule has 2 aromatic heterocycles. The van der Waals surface area contributed by atoms with E-state index in [-0.39, 0.29) is 11.9 Å². The highest BCUT2D eigenvalue weighted by atomic mass is 32.1. The van der Waals surface area contributed by atoms with Gasteiger partial charge in [0.15, 0.2) is 11.9 Å². The maximum Gasteiger partial charge on any atom is 0.235 e. The molecule has 0 amide bonds. The molecular formula is C20H29N5O2S+2. The van der Waals surface area contributed by atoms with Gasteiger partial charge in [-0.3, -0.25) is 0 Å². The van der Waals surface area contributed by atoms with Gasteiger partial charge in [0.25, 0.3) is 0 Å². The average Bonchev–Trinajstić information content (AvgIpc) is 3.24. The van der Waals surface area contributed by atoms with E-state index in [9.17, 15) is 5.11 Å². The minimum atomic E-state index is 0.0716. The first-order valence-electron chi connectivity index (χ1n) is 10.1. The van der Waals surface area contributed by atoms with E-state index < -0.39 is 0 Å². The molecule has 0 spiro atoms. The summed E-state index contributed by atoms with van der Waals surface area (Å²) in [5.41, 5.74) is 1.19. The number of likely N-dealkylation sites (N-methyl/N-ethyl adjacent to an activating group) is 1. The summed E-state index contributed by atoms with van der Waals surface area (Å²) in [5.74, 6) is 1.87. The van der Waals surface area contributed by atoms with Gasteiger partial charge in [0.05, 0.1) is 13.7 Å². The molecule has 150 valence electrons. The summed E-state index contributed by atoms with van der Waals surface area (Å²) in [6.45, 7) is 9.06. The molecule has 0 radical (unpaired) electrons. The maximum absolute atomic E-state index is 11.0. The number of aromatic hydroxyl groups is 1. The van der Waals surface area contributed by atoms with Crippen LogP contribution < -0.4 is 14.5 Å². The molecule has 28 heavy (non-hydrogen) atoms. The van der Waals surface area contributed by atoms with Gasteiger partial charge >= 0.3 is 0 Å². The Morgan fingerprint density at radius 1 is 1.18 bits per heavy atom. The number of fused-ring (bicyclic) bond motifs is 1. The van der Waals surface area contributed by atoms with Crippen LogP contribution in [0.15, 0.2) is 24.3 Å². The fraction of sp³-hybridized carbons (Fsp3) is 0.500. The number of thiazole rings is 1. The monoisotopic (exact) mass is 403 g/mol. The highest BCUT2D eigenvalue weighted by Crippen LogP contribution is 2.35. The topological polar surface area (TPSA) is 68.5 Å². The smallest absolute Gasteiger partial charge is 0.235 e. The number of piperazine rings is 1. The Bertz CT molecular complexity index is 928. The summed E-state index contributed by atoms with van der Waals surface area (Å²) in [7, 11) is 2.25. The van der Waals surface area contributed by atoms with Crippen molar-refractivity contribution >= 4 is 16.3 Å². The number of nitrogens with zero attached hydrogens (tertiary/aromatic N) is 3. The van der Waals surface area contributed by atoms with Crippen LogP contribution in [0.2, 0.25) is 0 Å². The minimum Gasteiger partial charge on any atom is -0.494 e. The Labute approximate surface area is 169 Å². The first-order chi connectivity index (χ1) is 13.6. The molecule has 0 aliphatic carbocycles. The summed E-state index contributed by atoms with van der Waals surface area (Å²) in [6.07, 6.45) is 0.762. The van der Waals surface area contributed by atoms with E-state index in [0.29, 0.717) is 6.61 Å². The van der Waals surface area contributed by atoms with E-state index in [4.69, 9.17) is 4.74 Å². The van der Waals surface area contributed by atoms with Gasteiger partial charge in [-0.1, -0.05) is 18.3 Å². The molecule has 1 aromatic carbocycles. The average molecular weight is 404 g/mol. The molecule has 7 nitrogen and oxygen atoms in total. The molecule has 0 saturated carbocycles. The van der Waals surface area contributed by atoms with Crippen molar-refractivity contribution in [1.82, 2.24) is 14.6 Å². The Morgan fingerprint density at radius 3 is 2.50 bits per heavy atom. The van der Waals surface area contributed by atoms with Crippen molar-refractivity contribution in [1.29, 1.82) is 0 Å². The molecular weight excluding hydrogens is 374 g/mol. The first-order valence-corrected chi connectivity index (χ1v) is 10.9. The minimum absolute atomic E-state index is 0.0716. The van der Waals surface area contributed by atoms with Crippen molar-refractivity contribution in [3.05, 3.63) is 40.5 Å². The molecule has 1 saturated heterocycles. The molecule has 0 bridgehead atoms. The molecule has 1 aliphatic heterocycles. The van der Waals surface area contributed by atoms with Crippen molar-refractivity contribution in [2.24, 2.45) is 0 Å². The molecule has 1 atom stereocenters. The van der Waals surface area contributed by atoms with Crippen molar-refractivity contribution in [3.8, 4) is 11.6 Å². The number of ether oxygens (including phenoxy) is 1. The molecule has 1 aliphatic rings. The van der Waals surface area contributed by atoms with Crippen LogP contribution in [0.1, 0.15) is 36.2 Å². The zero-order chi connectivity index (χ0) is 19.7. The van der Waals surface area contributed by atoms with Gasteiger partial charge in [-0.2, -0.15) is 4.52 Å². The van der Waals surface area contributed by atoms with E-state index in [1.165, 1.54) is 10.5 Å². The lowest BCUT2D eigenvalue weighted by Gasteiger charge is -2.33. The zero-order valence-electron chi connectivity index (χ0n) is 16.7. The summed E-state index contributed by atoms with van der Waals surface area (Å²) in [5, 5.41) is 15.4. The molecule has 8 heteroatoms. The van der Waals surface area contributed by atoms with Gasteiger partial charge < -0.3 is 19.6 Å². The number of nitrogens with one attached hydrogen (secondary N) is 2. The maximum atomic E-state index is 11.0. The van der Waals surface area contributed by atoms with Gasteiger partial charge in [-0.05, 0) is 31.2 Å². The van der Waals surface area contributed by atoms with Gasteiger partial charge in [0.2, 0.25) is 10.8 Å². The van der Waals surface area contributed by atoms with E-state index in [1.807, 2.05) is 26.0 Å². The number of aromatic nitrogens is 3. The number of rotatable bonds is 6. The normalized spacial score (nSPS) is 21.1. The Morgan fingerprint density at radius 2 is 1.89 bits per heavy atom. The number of quaternary nitrogens is 2. The highest BCUT2D eigenvalue weighted by Gasteiger charge is 2.35. The van der Waals surface area contributed by atoms with Gasteiger partial charge in [-0.15, -0.1) is 5.10 Å². The molecule has 0 unspecified atom stereocenters. The van der Waals surface area contributed by atoms with Crippen LogP contribution in [0.25, 0.3) is 4.96 Å². The summed E-state index contributed by atoms with van der Waals surface area (Å²) < 4.78 is 7.21. The third-order valence-electron chi connectivity index (χ3n) is 5.50. The Hall–Kier alpha value is -2.16. The van der Waals surface area contributed by atoms with E-state index in [0.717, 1.165) is 54.0 Å². The second kappa shape index (κ2) is 8.06. The SMILES string of the molecule is CCOc1ccc([C@@H](c2sc3nc(CC)nn3c2O)[NH+]2CC[NH+](C)CC2)cc1. The number of aryl methyl sites for hydroxylation is 1. The second-order valence-electron chi connectivity index (χ2n) is 7.42. The van der Waals surface area contributed by atoms with E-state index in [1.54, 1.807) is 20.8 Å². The van der Waals surface area contributed by atoms with Crippen molar-refractivity contribution in [2.75, 3.05) is 39.8 Å².